The zero-order chi connectivity index (χ0) is 16.3. The highest BCUT2D eigenvalue weighted by molar-refractivity contribution is 7.89. The van der Waals surface area contributed by atoms with E-state index in [9.17, 15) is 8.42 Å². The van der Waals surface area contributed by atoms with Crippen LogP contribution < -0.4 is 20.9 Å². The van der Waals surface area contributed by atoms with Crippen LogP contribution in [0.5, 0.6) is 0 Å². The minimum absolute atomic E-state index is 0.145. The SMILES string of the molecule is Cc1ccc(S(=O)(=O)NNc2ncnc(N(C)C)c2N)cc1. The molecular weight excluding hydrogens is 304 g/mol. The molecule has 1 aromatic heterocycles. The Labute approximate surface area is 129 Å². The van der Waals surface area contributed by atoms with Crippen LogP contribution in [0, 0.1) is 6.92 Å². The predicted octanol–water partition coefficient (Wildman–Crippen LogP) is 0.739. The molecule has 1 heterocycles. The zero-order valence-corrected chi connectivity index (χ0v) is 13.3. The second-order valence-corrected chi connectivity index (χ2v) is 6.58. The summed E-state index contributed by atoms with van der Waals surface area (Å²) in [4.78, 5) is 12.1. The second kappa shape index (κ2) is 6.16. The van der Waals surface area contributed by atoms with Crippen LogP contribution in [-0.2, 0) is 10.0 Å². The number of rotatable bonds is 5. The zero-order valence-electron chi connectivity index (χ0n) is 12.5. The maximum atomic E-state index is 12.2. The third-order valence-electron chi connectivity index (χ3n) is 2.92. The molecule has 0 fully saturated rings. The van der Waals surface area contributed by atoms with Crippen LogP contribution in [0.1, 0.15) is 5.56 Å². The smallest absolute Gasteiger partial charge is 0.257 e. The summed E-state index contributed by atoms with van der Waals surface area (Å²) in [6, 6.07) is 6.48. The van der Waals surface area contributed by atoms with Gasteiger partial charge in [0, 0.05) is 14.1 Å². The van der Waals surface area contributed by atoms with Gasteiger partial charge in [-0.25, -0.2) is 18.4 Å². The summed E-state index contributed by atoms with van der Waals surface area (Å²) >= 11 is 0. The van der Waals surface area contributed by atoms with Crippen LogP contribution in [0.15, 0.2) is 35.5 Å². The Morgan fingerprint density at radius 3 is 2.36 bits per heavy atom. The van der Waals surface area contributed by atoms with E-state index in [0.717, 1.165) is 5.56 Å². The van der Waals surface area contributed by atoms with Crippen molar-refractivity contribution < 1.29 is 8.42 Å². The summed E-state index contributed by atoms with van der Waals surface area (Å²) in [6.45, 7) is 1.88. The molecule has 22 heavy (non-hydrogen) atoms. The van der Waals surface area contributed by atoms with E-state index in [4.69, 9.17) is 5.73 Å². The van der Waals surface area contributed by atoms with Gasteiger partial charge in [0.25, 0.3) is 10.0 Å². The summed E-state index contributed by atoms with van der Waals surface area (Å²) in [6.07, 6.45) is 1.30. The third-order valence-corrected chi connectivity index (χ3v) is 4.19. The Hall–Kier alpha value is -2.39. The molecule has 0 amide bonds. The maximum absolute atomic E-state index is 12.2. The molecule has 0 saturated carbocycles. The van der Waals surface area contributed by atoms with Crippen molar-refractivity contribution in [2.45, 2.75) is 11.8 Å². The fraction of sp³-hybridized carbons (Fsp3) is 0.231. The Morgan fingerprint density at radius 1 is 1.14 bits per heavy atom. The number of hydrogen-bond donors (Lipinski definition) is 3. The molecule has 0 aliphatic heterocycles. The van der Waals surface area contributed by atoms with Crippen molar-refractivity contribution in [3.63, 3.8) is 0 Å². The van der Waals surface area contributed by atoms with Gasteiger partial charge in [0.15, 0.2) is 11.6 Å². The van der Waals surface area contributed by atoms with Crippen LogP contribution in [-0.4, -0.2) is 32.5 Å². The van der Waals surface area contributed by atoms with Gasteiger partial charge in [0.2, 0.25) is 0 Å². The molecule has 9 heteroatoms. The molecule has 2 aromatic rings. The number of nitrogens with zero attached hydrogens (tertiary/aromatic N) is 3. The van der Waals surface area contributed by atoms with Crippen LogP contribution in [0.3, 0.4) is 0 Å². The van der Waals surface area contributed by atoms with Crippen molar-refractivity contribution in [3.05, 3.63) is 36.2 Å². The van der Waals surface area contributed by atoms with Crippen molar-refractivity contribution in [1.29, 1.82) is 0 Å². The monoisotopic (exact) mass is 322 g/mol. The summed E-state index contributed by atoms with van der Waals surface area (Å²) in [5.74, 6) is 0.682. The van der Waals surface area contributed by atoms with Gasteiger partial charge in [0.1, 0.15) is 12.0 Å². The Kier molecular flexibility index (Phi) is 4.48. The minimum atomic E-state index is -3.72. The van der Waals surface area contributed by atoms with E-state index in [1.807, 2.05) is 6.92 Å². The van der Waals surface area contributed by atoms with Gasteiger partial charge >= 0.3 is 0 Å². The lowest BCUT2D eigenvalue weighted by molar-refractivity contribution is 0.587. The standard InChI is InChI=1S/C13H18N6O2S/c1-9-4-6-10(7-5-9)22(20,21)18-17-12-11(14)13(19(2)3)16-8-15-12/h4-8,18H,14H2,1-3H3,(H,15,16,17). The molecule has 118 valence electrons. The number of sulfonamides is 1. The number of anilines is 3. The van der Waals surface area contributed by atoms with Gasteiger partial charge in [-0.3, -0.25) is 5.43 Å². The molecule has 0 unspecified atom stereocenters. The third kappa shape index (κ3) is 3.43. The average molecular weight is 322 g/mol. The number of benzene rings is 1. The minimum Gasteiger partial charge on any atom is -0.393 e. The molecular formula is C13H18N6O2S. The normalized spacial score (nSPS) is 11.2. The average Bonchev–Trinajstić information content (AvgIpc) is 2.46. The van der Waals surface area contributed by atoms with Crippen LogP contribution in [0.2, 0.25) is 0 Å². The van der Waals surface area contributed by atoms with Gasteiger partial charge in [-0.15, -0.1) is 4.83 Å². The van der Waals surface area contributed by atoms with E-state index in [1.165, 1.54) is 18.5 Å². The Balaban J connectivity index is 2.19. The topological polar surface area (TPSA) is 113 Å². The highest BCUT2D eigenvalue weighted by Crippen LogP contribution is 2.23. The van der Waals surface area contributed by atoms with E-state index < -0.39 is 10.0 Å². The molecule has 0 radical (unpaired) electrons. The lowest BCUT2D eigenvalue weighted by Crippen LogP contribution is -2.30. The van der Waals surface area contributed by atoms with Crippen molar-refractivity contribution in [2.24, 2.45) is 0 Å². The first-order valence-corrected chi connectivity index (χ1v) is 7.92. The molecule has 0 saturated heterocycles. The van der Waals surface area contributed by atoms with Crippen molar-refractivity contribution >= 4 is 27.3 Å². The first kappa shape index (κ1) is 16.0. The number of nitrogens with one attached hydrogen (secondary N) is 2. The van der Waals surface area contributed by atoms with Gasteiger partial charge in [-0.1, -0.05) is 17.7 Å². The Bertz CT molecular complexity index is 759. The Morgan fingerprint density at radius 2 is 1.77 bits per heavy atom. The largest absolute Gasteiger partial charge is 0.393 e. The van der Waals surface area contributed by atoms with E-state index in [1.54, 1.807) is 31.1 Å². The van der Waals surface area contributed by atoms with E-state index in [-0.39, 0.29) is 16.4 Å². The van der Waals surface area contributed by atoms with E-state index in [2.05, 4.69) is 20.2 Å². The molecule has 0 spiro atoms. The highest BCUT2D eigenvalue weighted by Gasteiger charge is 2.15. The van der Waals surface area contributed by atoms with E-state index >= 15 is 0 Å². The number of hydrogen-bond acceptors (Lipinski definition) is 7. The molecule has 4 N–H and O–H groups in total. The second-order valence-electron chi connectivity index (χ2n) is 4.90. The number of hydrazine groups is 1. The van der Waals surface area contributed by atoms with Crippen LogP contribution >= 0.6 is 0 Å². The molecule has 0 aliphatic carbocycles. The molecule has 1 aromatic carbocycles. The fourth-order valence-corrected chi connectivity index (χ4v) is 2.58. The van der Waals surface area contributed by atoms with Crippen molar-refractivity contribution in [1.82, 2.24) is 14.8 Å². The van der Waals surface area contributed by atoms with Crippen molar-refractivity contribution in [2.75, 3.05) is 30.2 Å². The molecule has 0 atom stereocenters. The van der Waals surface area contributed by atoms with Gasteiger partial charge in [-0.05, 0) is 19.1 Å². The molecule has 0 aliphatic rings. The quantitative estimate of drug-likeness (QED) is 0.696. The first-order chi connectivity index (χ1) is 10.3. The lowest BCUT2D eigenvalue weighted by Gasteiger charge is -2.16. The predicted molar refractivity (Wildman–Crippen MR) is 85.9 cm³/mol. The van der Waals surface area contributed by atoms with E-state index in [0.29, 0.717) is 5.82 Å². The summed E-state index contributed by atoms with van der Waals surface area (Å²) in [5, 5.41) is 0. The maximum Gasteiger partial charge on any atom is 0.257 e. The summed E-state index contributed by atoms with van der Waals surface area (Å²) in [5.41, 5.74) is 9.65. The lowest BCUT2D eigenvalue weighted by atomic mass is 10.2. The van der Waals surface area contributed by atoms with Gasteiger partial charge in [0.05, 0.1) is 4.90 Å². The summed E-state index contributed by atoms with van der Waals surface area (Å²) in [7, 11) is -0.162. The number of nitrogen functional groups attached to an aromatic ring is 1. The molecule has 8 nitrogen and oxygen atoms in total. The van der Waals surface area contributed by atoms with Gasteiger partial charge < -0.3 is 10.6 Å². The fourth-order valence-electron chi connectivity index (χ4n) is 1.73. The first-order valence-electron chi connectivity index (χ1n) is 6.43. The highest BCUT2D eigenvalue weighted by atomic mass is 32.2. The number of aryl methyl sites for hydroxylation is 1. The van der Waals surface area contributed by atoms with Crippen LogP contribution in [0.4, 0.5) is 17.3 Å². The number of aromatic nitrogens is 2. The molecule has 0 bridgehead atoms. The molecule has 2 rings (SSSR count). The van der Waals surface area contributed by atoms with Crippen molar-refractivity contribution in [3.8, 4) is 0 Å². The van der Waals surface area contributed by atoms with Gasteiger partial charge in [-0.2, -0.15) is 0 Å². The number of nitrogens with two attached hydrogens (primary N) is 1. The summed E-state index contributed by atoms with van der Waals surface area (Å²) < 4.78 is 24.4. The van der Waals surface area contributed by atoms with Crippen LogP contribution in [0.25, 0.3) is 0 Å².